The van der Waals surface area contributed by atoms with Gasteiger partial charge in [-0.05, 0) is 74.6 Å². The van der Waals surface area contributed by atoms with Crippen molar-refractivity contribution in [3.8, 4) is 5.82 Å². The van der Waals surface area contributed by atoms with Crippen molar-refractivity contribution in [2.24, 2.45) is 11.8 Å². The lowest BCUT2D eigenvalue weighted by molar-refractivity contribution is -0.0810. The van der Waals surface area contributed by atoms with Crippen LogP contribution in [0, 0.1) is 18.8 Å². The minimum Gasteiger partial charge on any atom is -0.346 e. The minimum absolute atomic E-state index is 0.0571. The Bertz CT molecular complexity index is 1080. The van der Waals surface area contributed by atoms with E-state index in [2.05, 4.69) is 30.8 Å². The van der Waals surface area contributed by atoms with Crippen molar-refractivity contribution in [2.75, 3.05) is 0 Å². The van der Waals surface area contributed by atoms with E-state index in [1.54, 1.807) is 17.1 Å². The predicted octanol–water partition coefficient (Wildman–Crippen LogP) is 2.04. The van der Waals surface area contributed by atoms with Gasteiger partial charge in [-0.15, -0.1) is 10.2 Å². The summed E-state index contributed by atoms with van der Waals surface area (Å²) < 4.78 is 1.72. The maximum absolute atomic E-state index is 13.4. The average Bonchev–Trinajstić information content (AvgIpc) is 3.37. The topological polar surface area (TPSA) is 103 Å². The van der Waals surface area contributed by atoms with E-state index in [1.165, 1.54) is 12.7 Å². The van der Waals surface area contributed by atoms with Crippen molar-refractivity contribution in [1.29, 1.82) is 0 Å². The van der Waals surface area contributed by atoms with Crippen molar-refractivity contribution >= 4 is 5.91 Å². The molecule has 3 heterocycles. The van der Waals surface area contributed by atoms with Gasteiger partial charge in [0, 0.05) is 11.7 Å². The molecule has 3 aromatic heterocycles. The molecule has 7 rings (SSSR count). The highest BCUT2D eigenvalue weighted by Crippen LogP contribution is 2.60. The number of amides is 1. The molecule has 9 nitrogen and oxygen atoms in total. The number of hydrogen-bond acceptors (Lipinski definition) is 6. The van der Waals surface area contributed by atoms with Crippen LogP contribution in [0.5, 0.6) is 0 Å². The first-order chi connectivity index (χ1) is 14.6. The van der Waals surface area contributed by atoms with E-state index >= 15 is 0 Å². The number of tetrazole rings is 1. The molecule has 1 N–H and O–H groups in total. The molecule has 3 aromatic rings. The van der Waals surface area contributed by atoms with Gasteiger partial charge in [0.15, 0.2) is 12.1 Å². The monoisotopic (exact) mass is 404 g/mol. The summed E-state index contributed by atoms with van der Waals surface area (Å²) in [6.07, 6.45) is 11.2. The minimum atomic E-state index is -0.214. The van der Waals surface area contributed by atoms with Crippen LogP contribution < -0.4 is 5.32 Å². The van der Waals surface area contributed by atoms with Gasteiger partial charge in [-0.3, -0.25) is 4.79 Å². The molecule has 4 saturated carbocycles. The molecule has 1 amide bonds. The van der Waals surface area contributed by atoms with Crippen LogP contribution in [-0.4, -0.2) is 46.4 Å². The quantitative estimate of drug-likeness (QED) is 0.714. The van der Waals surface area contributed by atoms with Gasteiger partial charge in [-0.2, -0.15) is 9.90 Å². The third-order valence-corrected chi connectivity index (χ3v) is 7.30. The van der Waals surface area contributed by atoms with E-state index in [1.807, 2.05) is 29.9 Å². The molecule has 2 unspecified atom stereocenters. The summed E-state index contributed by atoms with van der Waals surface area (Å²) in [5, 5.41) is 20.4. The molecule has 4 bridgehead atoms. The lowest BCUT2D eigenvalue weighted by Gasteiger charge is -2.61. The summed E-state index contributed by atoms with van der Waals surface area (Å²) in [5.41, 5.74) is 1.06. The van der Waals surface area contributed by atoms with Crippen LogP contribution in [0.25, 0.3) is 5.82 Å². The standard InChI is InChI=1S/C21H24N8O/c1-14-17(11-24-28(14)18-4-2-3-5-22-18)19(30)26-20-7-15-6-16(8-20)10-21(9-15,12-20)29-25-13-23-27-29/h2-5,11,13,15-16H,6-10,12H2,1H3,(H,26,30). The van der Waals surface area contributed by atoms with E-state index in [9.17, 15) is 4.79 Å². The molecule has 2 atom stereocenters. The maximum atomic E-state index is 13.4. The van der Waals surface area contributed by atoms with Gasteiger partial charge >= 0.3 is 0 Å². The average molecular weight is 404 g/mol. The van der Waals surface area contributed by atoms with Crippen LogP contribution in [-0.2, 0) is 5.54 Å². The summed E-state index contributed by atoms with van der Waals surface area (Å²) >= 11 is 0. The number of rotatable bonds is 4. The lowest BCUT2D eigenvalue weighted by Crippen LogP contribution is -2.66. The second-order valence-corrected chi connectivity index (χ2v) is 9.39. The summed E-state index contributed by atoms with van der Waals surface area (Å²) in [5.74, 6) is 1.84. The van der Waals surface area contributed by atoms with E-state index in [4.69, 9.17) is 0 Å². The van der Waals surface area contributed by atoms with Crippen LogP contribution >= 0.6 is 0 Å². The second kappa shape index (κ2) is 6.20. The zero-order chi connectivity index (χ0) is 20.3. The van der Waals surface area contributed by atoms with Crippen LogP contribution in [0.15, 0.2) is 36.9 Å². The molecule has 0 spiro atoms. The summed E-state index contributed by atoms with van der Waals surface area (Å²) in [6, 6.07) is 5.66. The number of carbonyl (C=O) groups is 1. The normalized spacial score (nSPS) is 31.8. The SMILES string of the molecule is Cc1c(C(=O)NC23CC4CC(C2)CC(n2ncnn2)(C4)C3)cnn1-c1ccccn1. The van der Waals surface area contributed by atoms with Crippen LogP contribution in [0.4, 0.5) is 0 Å². The molecule has 4 fully saturated rings. The van der Waals surface area contributed by atoms with E-state index < -0.39 is 0 Å². The third-order valence-electron chi connectivity index (χ3n) is 7.30. The summed E-state index contributed by atoms with van der Waals surface area (Å²) in [4.78, 5) is 19.5. The highest BCUT2D eigenvalue weighted by molar-refractivity contribution is 5.95. The highest BCUT2D eigenvalue weighted by Gasteiger charge is 2.60. The number of carbonyl (C=O) groups excluding carboxylic acids is 1. The Morgan fingerprint density at radius 1 is 1.17 bits per heavy atom. The van der Waals surface area contributed by atoms with E-state index in [0.717, 1.165) is 37.8 Å². The third kappa shape index (κ3) is 2.60. The first-order valence-corrected chi connectivity index (χ1v) is 10.6. The fraction of sp³-hybridized carbons (Fsp3) is 0.524. The van der Waals surface area contributed by atoms with Gasteiger partial charge in [0.25, 0.3) is 5.91 Å². The highest BCUT2D eigenvalue weighted by atomic mass is 16.1. The first-order valence-electron chi connectivity index (χ1n) is 10.6. The number of nitrogens with one attached hydrogen (secondary N) is 1. The van der Waals surface area contributed by atoms with Crippen LogP contribution in [0.1, 0.15) is 54.6 Å². The van der Waals surface area contributed by atoms with Gasteiger partial charge in [-0.1, -0.05) is 6.07 Å². The zero-order valence-electron chi connectivity index (χ0n) is 16.9. The molecule has 0 radical (unpaired) electrons. The predicted molar refractivity (Wildman–Crippen MR) is 107 cm³/mol. The molecule has 0 aromatic carbocycles. The molecule has 154 valence electrons. The van der Waals surface area contributed by atoms with Crippen molar-refractivity contribution in [1.82, 2.24) is 40.3 Å². The Morgan fingerprint density at radius 2 is 2.00 bits per heavy atom. The molecular weight excluding hydrogens is 380 g/mol. The number of aromatic nitrogens is 7. The molecule has 0 aliphatic heterocycles. The smallest absolute Gasteiger partial charge is 0.255 e. The number of hydrogen-bond donors (Lipinski definition) is 1. The molecule has 9 heteroatoms. The molecule has 0 saturated heterocycles. The van der Waals surface area contributed by atoms with E-state index in [-0.39, 0.29) is 17.0 Å². The Kier molecular flexibility index (Phi) is 3.66. The number of pyridine rings is 1. The maximum Gasteiger partial charge on any atom is 0.255 e. The van der Waals surface area contributed by atoms with Crippen LogP contribution in [0.3, 0.4) is 0 Å². The van der Waals surface area contributed by atoms with Crippen molar-refractivity contribution in [3.05, 3.63) is 48.2 Å². The zero-order valence-corrected chi connectivity index (χ0v) is 16.9. The largest absolute Gasteiger partial charge is 0.346 e. The fourth-order valence-corrected chi connectivity index (χ4v) is 6.63. The molecule has 4 aliphatic carbocycles. The fourth-order valence-electron chi connectivity index (χ4n) is 6.63. The van der Waals surface area contributed by atoms with E-state index in [0.29, 0.717) is 23.2 Å². The van der Waals surface area contributed by atoms with Crippen molar-refractivity contribution < 1.29 is 4.79 Å². The summed E-state index contributed by atoms with van der Waals surface area (Å²) in [7, 11) is 0. The Labute approximate surface area is 173 Å². The van der Waals surface area contributed by atoms with Crippen LogP contribution in [0.2, 0.25) is 0 Å². The molecule has 30 heavy (non-hydrogen) atoms. The van der Waals surface area contributed by atoms with Crippen molar-refractivity contribution in [2.45, 2.75) is 56.5 Å². The van der Waals surface area contributed by atoms with Gasteiger partial charge in [0.2, 0.25) is 0 Å². The first kappa shape index (κ1) is 17.7. The Balaban J connectivity index is 1.30. The van der Waals surface area contributed by atoms with Crippen molar-refractivity contribution in [3.63, 3.8) is 0 Å². The van der Waals surface area contributed by atoms with Gasteiger partial charge in [-0.25, -0.2) is 9.67 Å². The second-order valence-electron chi connectivity index (χ2n) is 9.39. The Morgan fingerprint density at radius 3 is 2.70 bits per heavy atom. The molecule has 4 aliphatic rings. The van der Waals surface area contributed by atoms with Gasteiger partial charge in [0.05, 0.1) is 23.0 Å². The van der Waals surface area contributed by atoms with Gasteiger partial charge < -0.3 is 5.32 Å². The lowest BCUT2D eigenvalue weighted by atomic mass is 9.50. The van der Waals surface area contributed by atoms with Gasteiger partial charge in [0.1, 0.15) is 0 Å². The molecular formula is C21H24N8O. The summed E-state index contributed by atoms with van der Waals surface area (Å²) in [6.45, 7) is 1.91. The Hall–Kier alpha value is -3.10. The number of nitrogens with zero attached hydrogens (tertiary/aromatic N) is 7.